The van der Waals surface area contributed by atoms with Crippen molar-refractivity contribution in [1.82, 2.24) is 25.0 Å². The number of nitrogens with one attached hydrogen (secondary N) is 1. The van der Waals surface area contributed by atoms with Crippen LogP contribution < -0.4 is 5.32 Å². The van der Waals surface area contributed by atoms with Crippen LogP contribution in [0.1, 0.15) is 43.1 Å². The Balaban J connectivity index is 1.24. The number of nitrogens with zero attached hydrogens (tertiary/aromatic N) is 4. The number of benzene rings is 1. The van der Waals surface area contributed by atoms with Crippen LogP contribution in [0, 0.1) is 5.92 Å². The first-order chi connectivity index (χ1) is 14.7. The van der Waals surface area contributed by atoms with Crippen molar-refractivity contribution in [2.45, 2.75) is 32.6 Å². The molecule has 7 heteroatoms. The standard InChI is InChI=1S/C23H29N5OS/c1-18-8-7-13-27(15-18)12-6-5-11-24-22(29)21-17-30-23(26-21)19-14-25-28(16-19)20-9-3-2-4-10-20/h2-4,9-10,14,16-18H,5-8,11-13,15H2,1H3,(H,24,29)/t18-/m0/s1. The molecule has 1 N–H and O–H groups in total. The Morgan fingerprint density at radius 2 is 2.13 bits per heavy atom. The van der Waals surface area contributed by atoms with Crippen molar-refractivity contribution in [2.75, 3.05) is 26.2 Å². The zero-order valence-corrected chi connectivity index (χ0v) is 18.3. The van der Waals surface area contributed by atoms with Crippen LogP contribution >= 0.6 is 11.3 Å². The van der Waals surface area contributed by atoms with E-state index >= 15 is 0 Å². The van der Waals surface area contributed by atoms with E-state index in [1.54, 1.807) is 6.20 Å². The number of unbranched alkanes of at least 4 members (excludes halogenated alkanes) is 1. The third kappa shape index (κ3) is 5.34. The van der Waals surface area contributed by atoms with Gasteiger partial charge in [-0.1, -0.05) is 25.1 Å². The highest BCUT2D eigenvalue weighted by atomic mass is 32.1. The molecule has 0 bridgehead atoms. The largest absolute Gasteiger partial charge is 0.351 e. The minimum absolute atomic E-state index is 0.0976. The van der Waals surface area contributed by atoms with E-state index in [9.17, 15) is 4.79 Å². The molecule has 6 nitrogen and oxygen atoms in total. The van der Waals surface area contributed by atoms with Crippen LogP contribution in [0.25, 0.3) is 16.3 Å². The van der Waals surface area contributed by atoms with Crippen molar-refractivity contribution in [1.29, 1.82) is 0 Å². The minimum atomic E-state index is -0.0976. The fourth-order valence-corrected chi connectivity index (χ4v) is 4.68. The fourth-order valence-electron chi connectivity index (χ4n) is 3.91. The van der Waals surface area contributed by atoms with Gasteiger partial charge in [-0.15, -0.1) is 11.3 Å². The van der Waals surface area contributed by atoms with Gasteiger partial charge in [0.1, 0.15) is 10.7 Å². The fraction of sp³-hybridized carbons (Fsp3) is 0.435. The molecule has 0 radical (unpaired) electrons. The van der Waals surface area contributed by atoms with Crippen molar-refractivity contribution in [2.24, 2.45) is 5.92 Å². The number of rotatable bonds is 8. The molecule has 4 rings (SSSR count). The first-order valence-corrected chi connectivity index (χ1v) is 11.6. The minimum Gasteiger partial charge on any atom is -0.351 e. The molecule has 1 aromatic carbocycles. The number of likely N-dealkylation sites (tertiary alicyclic amines) is 1. The van der Waals surface area contributed by atoms with Gasteiger partial charge < -0.3 is 10.2 Å². The van der Waals surface area contributed by atoms with Gasteiger partial charge in [-0.3, -0.25) is 4.79 Å². The summed E-state index contributed by atoms with van der Waals surface area (Å²) in [6.07, 6.45) is 8.52. The monoisotopic (exact) mass is 423 g/mol. The van der Waals surface area contributed by atoms with Gasteiger partial charge in [-0.05, 0) is 56.8 Å². The summed E-state index contributed by atoms with van der Waals surface area (Å²) in [4.78, 5) is 19.5. The van der Waals surface area contributed by atoms with Crippen LogP contribution in [-0.2, 0) is 0 Å². The van der Waals surface area contributed by atoms with E-state index in [-0.39, 0.29) is 5.91 Å². The molecule has 3 aromatic rings. The number of piperidine rings is 1. The second-order valence-corrected chi connectivity index (χ2v) is 8.92. The summed E-state index contributed by atoms with van der Waals surface area (Å²) in [6.45, 7) is 6.60. The highest BCUT2D eigenvalue weighted by Gasteiger charge is 2.16. The SMILES string of the molecule is C[C@H]1CCCN(CCCCNC(=O)c2csc(-c3cnn(-c4ccccc4)c3)n2)C1. The molecule has 1 saturated heterocycles. The summed E-state index contributed by atoms with van der Waals surface area (Å²) < 4.78 is 1.82. The highest BCUT2D eigenvalue weighted by molar-refractivity contribution is 7.13. The van der Waals surface area contributed by atoms with Gasteiger partial charge in [0.05, 0.1) is 11.9 Å². The Bertz CT molecular complexity index is 951. The highest BCUT2D eigenvalue weighted by Crippen LogP contribution is 2.24. The molecule has 1 atom stereocenters. The van der Waals surface area contributed by atoms with Crippen molar-refractivity contribution < 1.29 is 4.79 Å². The number of aromatic nitrogens is 3. The van der Waals surface area contributed by atoms with Crippen molar-refractivity contribution in [3.63, 3.8) is 0 Å². The van der Waals surface area contributed by atoms with E-state index in [1.165, 1.54) is 37.3 Å². The maximum absolute atomic E-state index is 12.4. The van der Waals surface area contributed by atoms with Gasteiger partial charge in [0, 0.05) is 30.2 Å². The number of carbonyl (C=O) groups is 1. The maximum atomic E-state index is 12.4. The van der Waals surface area contributed by atoms with Crippen LogP contribution in [-0.4, -0.2) is 51.8 Å². The third-order valence-corrected chi connectivity index (χ3v) is 6.41. The second kappa shape index (κ2) is 10.00. The van der Waals surface area contributed by atoms with Gasteiger partial charge in [0.15, 0.2) is 0 Å². The summed E-state index contributed by atoms with van der Waals surface area (Å²) in [5.41, 5.74) is 2.39. The molecule has 158 valence electrons. The molecule has 2 aromatic heterocycles. The van der Waals surface area contributed by atoms with Crippen LogP contribution in [0.4, 0.5) is 0 Å². The lowest BCUT2D eigenvalue weighted by Crippen LogP contribution is -2.35. The van der Waals surface area contributed by atoms with Crippen molar-refractivity contribution in [3.05, 3.63) is 53.8 Å². The summed E-state index contributed by atoms with van der Waals surface area (Å²) in [5, 5.41) is 10.0. The molecule has 0 spiro atoms. The van der Waals surface area contributed by atoms with Crippen LogP contribution in [0.3, 0.4) is 0 Å². The second-order valence-electron chi connectivity index (χ2n) is 8.06. The Labute approximate surface area is 181 Å². The molecular weight excluding hydrogens is 394 g/mol. The molecule has 0 unspecified atom stereocenters. The molecule has 1 amide bonds. The van der Waals surface area contributed by atoms with E-state index < -0.39 is 0 Å². The quantitative estimate of drug-likeness (QED) is 0.551. The maximum Gasteiger partial charge on any atom is 0.270 e. The molecule has 1 aliphatic heterocycles. The molecule has 30 heavy (non-hydrogen) atoms. The van der Waals surface area contributed by atoms with E-state index in [0.29, 0.717) is 12.2 Å². The number of para-hydroxylation sites is 1. The third-order valence-electron chi connectivity index (χ3n) is 5.51. The molecule has 1 aliphatic rings. The van der Waals surface area contributed by atoms with Gasteiger partial charge in [-0.25, -0.2) is 9.67 Å². The summed E-state index contributed by atoms with van der Waals surface area (Å²) in [6, 6.07) is 9.95. The van der Waals surface area contributed by atoms with Gasteiger partial charge >= 0.3 is 0 Å². The van der Waals surface area contributed by atoms with E-state index in [2.05, 4.69) is 27.2 Å². The Kier molecular flexibility index (Phi) is 6.92. The van der Waals surface area contributed by atoms with E-state index in [1.807, 2.05) is 46.6 Å². The number of hydrogen-bond donors (Lipinski definition) is 1. The lowest BCUT2D eigenvalue weighted by molar-refractivity contribution is 0.0948. The van der Waals surface area contributed by atoms with Crippen molar-refractivity contribution in [3.8, 4) is 16.3 Å². The normalized spacial score (nSPS) is 17.2. The average molecular weight is 424 g/mol. The van der Waals surface area contributed by atoms with Gasteiger partial charge in [0.25, 0.3) is 5.91 Å². The summed E-state index contributed by atoms with van der Waals surface area (Å²) in [5.74, 6) is 0.719. The van der Waals surface area contributed by atoms with E-state index in [0.717, 1.165) is 41.6 Å². The molecule has 0 aliphatic carbocycles. The van der Waals surface area contributed by atoms with Crippen LogP contribution in [0.5, 0.6) is 0 Å². The molecule has 3 heterocycles. The Morgan fingerprint density at radius 1 is 1.27 bits per heavy atom. The molecular formula is C23H29N5OS. The van der Waals surface area contributed by atoms with Gasteiger partial charge in [-0.2, -0.15) is 5.10 Å². The predicted octanol–water partition coefficient (Wildman–Crippen LogP) is 4.24. The number of amides is 1. The van der Waals surface area contributed by atoms with Gasteiger partial charge in [0.2, 0.25) is 0 Å². The molecule has 0 saturated carbocycles. The first kappa shape index (κ1) is 20.8. The number of carbonyl (C=O) groups excluding carboxylic acids is 1. The lowest BCUT2D eigenvalue weighted by Gasteiger charge is -2.30. The van der Waals surface area contributed by atoms with Crippen LogP contribution in [0.15, 0.2) is 48.1 Å². The predicted molar refractivity (Wildman–Crippen MR) is 121 cm³/mol. The smallest absolute Gasteiger partial charge is 0.270 e. The first-order valence-electron chi connectivity index (χ1n) is 10.8. The average Bonchev–Trinajstić information content (AvgIpc) is 3.44. The summed E-state index contributed by atoms with van der Waals surface area (Å²) >= 11 is 1.47. The van der Waals surface area contributed by atoms with E-state index in [4.69, 9.17) is 0 Å². The zero-order valence-electron chi connectivity index (χ0n) is 17.5. The van der Waals surface area contributed by atoms with Crippen molar-refractivity contribution >= 4 is 17.2 Å². The zero-order chi connectivity index (χ0) is 20.8. The number of hydrogen-bond acceptors (Lipinski definition) is 5. The Morgan fingerprint density at radius 3 is 2.97 bits per heavy atom. The summed E-state index contributed by atoms with van der Waals surface area (Å²) in [7, 11) is 0. The lowest BCUT2D eigenvalue weighted by atomic mass is 10.0. The topological polar surface area (TPSA) is 63.1 Å². The van der Waals surface area contributed by atoms with Crippen LogP contribution in [0.2, 0.25) is 0 Å². The molecule has 1 fully saturated rings. The Hall–Kier alpha value is -2.51. The number of thiazole rings is 1.